The maximum absolute atomic E-state index is 12.4. The average Bonchev–Trinajstić information content (AvgIpc) is 2.74. The van der Waals surface area contributed by atoms with E-state index in [9.17, 15) is 9.59 Å². The lowest BCUT2D eigenvalue weighted by Crippen LogP contribution is -2.59. The second-order valence-corrected chi connectivity index (χ2v) is 8.59. The highest BCUT2D eigenvalue weighted by atomic mass is 79.9. The number of nitrogens with zero attached hydrogens (tertiary/aromatic N) is 1. The molecule has 3 rings (SSSR count). The molecule has 6 nitrogen and oxygen atoms in total. The zero-order valence-corrected chi connectivity index (χ0v) is 17.9. The minimum atomic E-state index is -0.155. The predicted molar refractivity (Wildman–Crippen MR) is 112 cm³/mol. The van der Waals surface area contributed by atoms with Gasteiger partial charge in [-0.3, -0.25) is 14.5 Å². The number of carbonyl (C=O) groups excluding carboxylic acids is 2. The molecule has 0 atom stereocenters. The number of ether oxygens (including phenoxy) is 1. The van der Waals surface area contributed by atoms with Gasteiger partial charge in [0.15, 0.2) is 0 Å². The van der Waals surface area contributed by atoms with E-state index in [1.807, 2.05) is 12.1 Å². The molecule has 2 amide bonds. The summed E-state index contributed by atoms with van der Waals surface area (Å²) >= 11 is 3.35. The molecule has 1 aromatic carbocycles. The molecule has 0 bridgehead atoms. The van der Waals surface area contributed by atoms with E-state index in [0.29, 0.717) is 25.1 Å². The highest BCUT2D eigenvalue weighted by Gasteiger charge is 2.38. The molecule has 0 spiro atoms. The summed E-state index contributed by atoms with van der Waals surface area (Å²) in [5.41, 5.74) is 0.662. The zero-order valence-electron chi connectivity index (χ0n) is 16.3. The molecule has 28 heavy (non-hydrogen) atoms. The van der Waals surface area contributed by atoms with Crippen molar-refractivity contribution < 1.29 is 14.3 Å². The molecule has 154 valence electrons. The van der Waals surface area contributed by atoms with Crippen molar-refractivity contribution in [3.8, 4) is 0 Å². The third-order valence-corrected chi connectivity index (χ3v) is 6.35. The van der Waals surface area contributed by atoms with Crippen LogP contribution in [-0.2, 0) is 9.53 Å². The molecule has 7 heteroatoms. The second kappa shape index (κ2) is 10.4. The summed E-state index contributed by atoms with van der Waals surface area (Å²) in [6.45, 7) is 4.46. The fourth-order valence-corrected chi connectivity index (χ4v) is 4.46. The van der Waals surface area contributed by atoms with E-state index in [1.54, 1.807) is 12.1 Å². The Hall–Kier alpha value is -1.44. The Morgan fingerprint density at radius 1 is 1.04 bits per heavy atom. The first kappa shape index (κ1) is 21.3. The first-order valence-corrected chi connectivity index (χ1v) is 11.0. The van der Waals surface area contributed by atoms with Gasteiger partial charge in [0.05, 0.1) is 13.2 Å². The molecule has 0 unspecified atom stereocenters. The molecule has 1 aliphatic heterocycles. The molecular weight excluding hydrogens is 422 g/mol. The van der Waals surface area contributed by atoms with Crippen molar-refractivity contribution in [3.63, 3.8) is 0 Å². The smallest absolute Gasteiger partial charge is 0.251 e. The Balaban J connectivity index is 1.44. The van der Waals surface area contributed by atoms with Crippen LogP contribution in [0, 0.1) is 0 Å². The van der Waals surface area contributed by atoms with E-state index in [2.05, 4.69) is 31.5 Å². The number of halogens is 1. The van der Waals surface area contributed by atoms with Gasteiger partial charge in [-0.15, -0.1) is 0 Å². The molecular formula is C21H30BrN3O3. The first-order chi connectivity index (χ1) is 13.6. The standard InChI is InChI=1S/C21H30BrN3O3/c22-18-6-4-17(5-7-18)20(27)23-11-8-19(26)24-16-21(9-2-1-3-10-21)25-12-14-28-15-13-25/h4-7H,1-3,8-16H2,(H,23,27)(H,24,26). The SMILES string of the molecule is O=C(CCNC(=O)c1ccc(Br)cc1)NCC1(N2CCOCC2)CCCCC1. The van der Waals surface area contributed by atoms with Crippen LogP contribution in [0.2, 0.25) is 0 Å². The number of morpholine rings is 1. The molecule has 1 aromatic rings. The summed E-state index contributed by atoms with van der Waals surface area (Å²) in [7, 11) is 0. The maximum atomic E-state index is 12.4. The van der Waals surface area contributed by atoms with Crippen molar-refractivity contribution >= 4 is 27.7 Å². The Morgan fingerprint density at radius 3 is 2.39 bits per heavy atom. The summed E-state index contributed by atoms with van der Waals surface area (Å²) in [6.07, 6.45) is 6.28. The van der Waals surface area contributed by atoms with Crippen molar-refractivity contribution in [2.75, 3.05) is 39.4 Å². The first-order valence-electron chi connectivity index (χ1n) is 10.2. The number of nitrogens with one attached hydrogen (secondary N) is 2. The van der Waals surface area contributed by atoms with Crippen LogP contribution in [0.25, 0.3) is 0 Å². The minimum absolute atomic E-state index is 0.00526. The monoisotopic (exact) mass is 451 g/mol. The van der Waals surface area contributed by atoms with Gasteiger partial charge < -0.3 is 15.4 Å². The van der Waals surface area contributed by atoms with Crippen molar-refractivity contribution in [2.45, 2.75) is 44.1 Å². The number of benzene rings is 1. The summed E-state index contributed by atoms with van der Waals surface area (Å²) in [5.74, 6) is -0.160. The third-order valence-electron chi connectivity index (χ3n) is 5.82. The molecule has 2 N–H and O–H groups in total. The van der Waals surface area contributed by atoms with Crippen LogP contribution in [0.3, 0.4) is 0 Å². The molecule has 0 radical (unpaired) electrons. The molecule has 1 saturated carbocycles. The van der Waals surface area contributed by atoms with Crippen molar-refractivity contribution in [1.82, 2.24) is 15.5 Å². The molecule has 2 fully saturated rings. The van der Waals surface area contributed by atoms with E-state index in [0.717, 1.165) is 43.6 Å². The van der Waals surface area contributed by atoms with E-state index in [1.165, 1.54) is 19.3 Å². The van der Waals surface area contributed by atoms with Crippen LogP contribution in [0.15, 0.2) is 28.7 Å². The van der Waals surface area contributed by atoms with E-state index >= 15 is 0 Å². The quantitative estimate of drug-likeness (QED) is 0.668. The normalized spacial score (nSPS) is 19.8. The molecule has 1 saturated heterocycles. The Kier molecular flexibility index (Phi) is 7.88. The van der Waals surface area contributed by atoms with Gasteiger partial charge in [0.25, 0.3) is 5.91 Å². The zero-order chi connectivity index (χ0) is 19.8. The Labute approximate surface area is 175 Å². The highest BCUT2D eigenvalue weighted by Crippen LogP contribution is 2.33. The van der Waals surface area contributed by atoms with Gasteiger partial charge >= 0.3 is 0 Å². The van der Waals surface area contributed by atoms with Gasteiger partial charge in [0.2, 0.25) is 5.91 Å². The molecule has 1 heterocycles. The van der Waals surface area contributed by atoms with Gasteiger partial charge in [-0.05, 0) is 37.1 Å². The molecule has 0 aromatic heterocycles. The van der Waals surface area contributed by atoms with Crippen molar-refractivity contribution in [1.29, 1.82) is 0 Å². The molecule has 2 aliphatic rings. The van der Waals surface area contributed by atoms with Crippen LogP contribution >= 0.6 is 15.9 Å². The van der Waals surface area contributed by atoms with E-state index in [4.69, 9.17) is 4.74 Å². The predicted octanol–water partition coefficient (Wildman–Crippen LogP) is 2.72. The number of hydrogen-bond donors (Lipinski definition) is 2. The lowest BCUT2D eigenvalue weighted by molar-refractivity contribution is -0.122. The van der Waals surface area contributed by atoms with Crippen LogP contribution in [-0.4, -0.2) is 61.6 Å². The number of carbonyl (C=O) groups is 2. The Bertz CT molecular complexity index is 653. The number of rotatable bonds is 7. The highest BCUT2D eigenvalue weighted by molar-refractivity contribution is 9.10. The second-order valence-electron chi connectivity index (χ2n) is 7.67. The van der Waals surface area contributed by atoms with Crippen molar-refractivity contribution in [2.24, 2.45) is 0 Å². The summed E-state index contributed by atoms with van der Waals surface area (Å²) in [5, 5.41) is 5.95. The van der Waals surface area contributed by atoms with Gasteiger partial charge in [-0.25, -0.2) is 0 Å². The minimum Gasteiger partial charge on any atom is -0.379 e. The van der Waals surface area contributed by atoms with Crippen LogP contribution in [0.4, 0.5) is 0 Å². The summed E-state index contributed by atoms with van der Waals surface area (Å²) in [6, 6.07) is 7.18. The third kappa shape index (κ3) is 5.78. The van der Waals surface area contributed by atoms with E-state index < -0.39 is 0 Å². The van der Waals surface area contributed by atoms with Gasteiger partial charge in [0.1, 0.15) is 0 Å². The van der Waals surface area contributed by atoms with Crippen LogP contribution in [0.5, 0.6) is 0 Å². The van der Waals surface area contributed by atoms with Gasteiger partial charge in [-0.1, -0.05) is 35.2 Å². The van der Waals surface area contributed by atoms with E-state index in [-0.39, 0.29) is 17.4 Å². The maximum Gasteiger partial charge on any atom is 0.251 e. The fraction of sp³-hybridized carbons (Fsp3) is 0.619. The average molecular weight is 452 g/mol. The Morgan fingerprint density at radius 2 is 1.71 bits per heavy atom. The van der Waals surface area contributed by atoms with Crippen LogP contribution in [0.1, 0.15) is 48.9 Å². The fourth-order valence-electron chi connectivity index (χ4n) is 4.20. The lowest BCUT2D eigenvalue weighted by atomic mass is 9.79. The summed E-state index contributed by atoms with van der Waals surface area (Å²) < 4.78 is 6.44. The molecule has 1 aliphatic carbocycles. The van der Waals surface area contributed by atoms with Gasteiger partial charge in [0, 0.05) is 48.2 Å². The van der Waals surface area contributed by atoms with Gasteiger partial charge in [-0.2, -0.15) is 0 Å². The summed E-state index contributed by atoms with van der Waals surface area (Å²) in [4.78, 5) is 27.0. The number of hydrogen-bond acceptors (Lipinski definition) is 4. The van der Waals surface area contributed by atoms with Crippen LogP contribution < -0.4 is 10.6 Å². The largest absolute Gasteiger partial charge is 0.379 e. The lowest BCUT2D eigenvalue weighted by Gasteiger charge is -2.48. The number of amides is 2. The topological polar surface area (TPSA) is 70.7 Å². The van der Waals surface area contributed by atoms with Crippen molar-refractivity contribution in [3.05, 3.63) is 34.3 Å².